The van der Waals surface area contributed by atoms with Gasteiger partial charge < -0.3 is 15.2 Å². The summed E-state index contributed by atoms with van der Waals surface area (Å²) in [6, 6.07) is 0.445. The molecular weight excluding hydrogens is 192 g/mol. The molecule has 1 aromatic heterocycles. The standard InChI is InChI=1S/C10H16N4O/c1-2-12-10(15)9-6-14(7-13-9)8-3-4-11-5-8/h6-8,11H,2-5H2,1H3,(H,12,15). The van der Waals surface area contributed by atoms with Gasteiger partial charge in [-0.2, -0.15) is 0 Å². The fourth-order valence-electron chi connectivity index (χ4n) is 1.80. The SMILES string of the molecule is CCNC(=O)c1cn(C2CCNC2)cn1. The predicted octanol–water partition coefficient (Wildman–Crippen LogP) is 0.167. The topological polar surface area (TPSA) is 59.0 Å². The highest BCUT2D eigenvalue weighted by molar-refractivity contribution is 5.91. The summed E-state index contributed by atoms with van der Waals surface area (Å²) < 4.78 is 2.02. The van der Waals surface area contributed by atoms with E-state index >= 15 is 0 Å². The maximum Gasteiger partial charge on any atom is 0.271 e. The van der Waals surface area contributed by atoms with E-state index < -0.39 is 0 Å². The molecule has 1 aliphatic heterocycles. The van der Waals surface area contributed by atoms with Gasteiger partial charge in [0.05, 0.1) is 6.33 Å². The highest BCUT2D eigenvalue weighted by atomic mass is 16.1. The van der Waals surface area contributed by atoms with Gasteiger partial charge in [0.15, 0.2) is 0 Å². The Morgan fingerprint density at radius 1 is 1.80 bits per heavy atom. The first-order valence-electron chi connectivity index (χ1n) is 5.33. The van der Waals surface area contributed by atoms with Crippen molar-refractivity contribution in [3.63, 3.8) is 0 Å². The molecule has 1 aromatic rings. The maximum atomic E-state index is 11.5. The third kappa shape index (κ3) is 2.18. The van der Waals surface area contributed by atoms with Crippen molar-refractivity contribution in [2.24, 2.45) is 0 Å². The van der Waals surface area contributed by atoms with Crippen LogP contribution in [0.1, 0.15) is 29.9 Å². The van der Waals surface area contributed by atoms with Crippen LogP contribution in [0.15, 0.2) is 12.5 Å². The minimum atomic E-state index is -0.0952. The second-order valence-electron chi connectivity index (χ2n) is 3.71. The van der Waals surface area contributed by atoms with E-state index in [1.54, 1.807) is 6.33 Å². The van der Waals surface area contributed by atoms with E-state index in [2.05, 4.69) is 15.6 Å². The first kappa shape index (κ1) is 10.2. The average molecular weight is 208 g/mol. The van der Waals surface area contributed by atoms with Crippen molar-refractivity contribution < 1.29 is 4.79 Å². The van der Waals surface area contributed by atoms with E-state index in [1.807, 2.05) is 17.7 Å². The number of aromatic nitrogens is 2. The second kappa shape index (κ2) is 4.44. The summed E-state index contributed by atoms with van der Waals surface area (Å²) in [4.78, 5) is 15.6. The summed E-state index contributed by atoms with van der Waals surface area (Å²) in [5.74, 6) is -0.0952. The molecule has 82 valence electrons. The van der Waals surface area contributed by atoms with Gasteiger partial charge >= 0.3 is 0 Å². The Hall–Kier alpha value is -1.36. The quantitative estimate of drug-likeness (QED) is 0.744. The van der Waals surface area contributed by atoms with Crippen LogP contribution in [-0.4, -0.2) is 35.1 Å². The molecule has 5 nitrogen and oxygen atoms in total. The first-order chi connectivity index (χ1) is 7.31. The summed E-state index contributed by atoms with van der Waals surface area (Å²) in [6.45, 7) is 4.54. The summed E-state index contributed by atoms with van der Waals surface area (Å²) >= 11 is 0. The number of hydrogen-bond donors (Lipinski definition) is 2. The molecule has 2 rings (SSSR count). The number of imidazole rings is 1. The number of amides is 1. The normalized spacial score (nSPS) is 20.5. The number of rotatable bonds is 3. The van der Waals surface area contributed by atoms with Crippen LogP contribution >= 0.6 is 0 Å². The molecule has 2 N–H and O–H groups in total. The molecule has 1 aliphatic rings. The van der Waals surface area contributed by atoms with Gasteiger partial charge in [0, 0.05) is 25.3 Å². The van der Waals surface area contributed by atoms with Crippen molar-refractivity contribution in [2.45, 2.75) is 19.4 Å². The molecule has 1 fully saturated rings. The van der Waals surface area contributed by atoms with Crippen LogP contribution in [0.25, 0.3) is 0 Å². The van der Waals surface area contributed by atoms with Crippen LogP contribution in [0.5, 0.6) is 0 Å². The molecule has 0 saturated carbocycles. The fourth-order valence-corrected chi connectivity index (χ4v) is 1.80. The smallest absolute Gasteiger partial charge is 0.271 e. The molecule has 2 heterocycles. The van der Waals surface area contributed by atoms with Gasteiger partial charge in [0.25, 0.3) is 5.91 Å². The van der Waals surface area contributed by atoms with E-state index in [9.17, 15) is 4.79 Å². The second-order valence-corrected chi connectivity index (χ2v) is 3.71. The van der Waals surface area contributed by atoms with Gasteiger partial charge in [0.2, 0.25) is 0 Å². The van der Waals surface area contributed by atoms with Crippen molar-refractivity contribution >= 4 is 5.91 Å². The van der Waals surface area contributed by atoms with E-state index in [0.29, 0.717) is 18.3 Å². The van der Waals surface area contributed by atoms with Gasteiger partial charge in [0.1, 0.15) is 5.69 Å². The van der Waals surface area contributed by atoms with E-state index in [-0.39, 0.29) is 5.91 Å². The minimum absolute atomic E-state index is 0.0952. The maximum absolute atomic E-state index is 11.5. The third-order valence-corrected chi connectivity index (χ3v) is 2.63. The molecule has 1 unspecified atom stereocenters. The van der Waals surface area contributed by atoms with Gasteiger partial charge in [-0.05, 0) is 19.9 Å². The van der Waals surface area contributed by atoms with Gasteiger partial charge in [-0.3, -0.25) is 4.79 Å². The molecule has 1 atom stereocenters. The van der Waals surface area contributed by atoms with Crippen molar-refractivity contribution in [1.82, 2.24) is 20.2 Å². The van der Waals surface area contributed by atoms with Crippen LogP contribution in [-0.2, 0) is 0 Å². The number of hydrogen-bond acceptors (Lipinski definition) is 3. The Kier molecular flexibility index (Phi) is 3.01. The van der Waals surface area contributed by atoms with Crippen LogP contribution in [0.4, 0.5) is 0 Å². The highest BCUT2D eigenvalue weighted by Gasteiger charge is 2.17. The van der Waals surface area contributed by atoms with E-state index in [1.165, 1.54) is 0 Å². The number of carbonyl (C=O) groups excluding carboxylic acids is 1. The largest absolute Gasteiger partial charge is 0.351 e. The van der Waals surface area contributed by atoms with Gasteiger partial charge in [-0.15, -0.1) is 0 Å². The Bertz CT molecular complexity index is 341. The average Bonchev–Trinajstić information content (AvgIpc) is 2.89. The van der Waals surface area contributed by atoms with Crippen LogP contribution in [0.2, 0.25) is 0 Å². The fraction of sp³-hybridized carbons (Fsp3) is 0.600. The van der Waals surface area contributed by atoms with Crippen LogP contribution in [0, 0.1) is 0 Å². The van der Waals surface area contributed by atoms with Gasteiger partial charge in [-0.25, -0.2) is 4.98 Å². The molecule has 0 spiro atoms. The molecule has 0 radical (unpaired) electrons. The molecular formula is C10H16N4O. The first-order valence-corrected chi connectivity index (χ1v) is 5.33. The predicted molar refractivity (Wildman–Crippen MR) is 56.8 cm³/mol. The Morgan fingerprint density at radius 2 is 2.67 bits per heavy atom. The summed E-state index contributed by atoms with van der Waals surface area (Å²) in [7, 11) is 0. The van der Waals surface area contributed by atoms with Crippen molar-refractivity contribution in [3.05, 3.63) is 18.2 Å². The number of carbonyl (C=O) groups is 1. The molecule has 0 bridgehead atoms. The molecule has 1 amide bonds. The molecule has 0 aliphatic carbocycles. The number of nitrogens with zero attached hydrogens (tertiary/aromatic N) is 2. The van der Waals surface area contributed by atoms with Crippen molar-refractivity contribution in [1.29, 1.82) is 0 Å². The summed E-state index contributed by atoms with van der Waals surface area (Å²) in [5, 5.41) is 6.02. The van der Waals surface area contributed by atoms with E-state index in [0.717, 1.165) is 19.5 Å². The van der Waals surface area contributed by atoms with Gasteiger partial charge in [-0.1, -0.05) is 0 Å². The molecule has 0 aromatic carbocycles. The zero-order valence-electron chi connectivity index (χ0n) is 8.86. The lowest BCUT2D eigenvalue weighted by Gasteiger charge is -2.08. The Labute approximate surface area is 88.9 Å². The van der Waals surface area contributed by atoms with E-state index in [4.69, 9.17) is 0 Å². The lowest BCUT2D eigenvalue weighted by atomic mass is 10.2. The minimum Gasteiger partial charge on any atom is -0.351 e. The van der Waals surface area contributed by atoms with Crippen LogP contribution in [0.3, 0.4) is 0 Å². The lowest BCUT2D eigenvalue weighted by Crippen LogP contribution is -2.23. The van der Waals surface area contributed by atoms with Crippen molar-refractivity contribution in [2.75, 3.05) is 19.6 Å². The van der Waals surface area contributed by atoms with Crippen LogP contribution < -0.4 is 10.6 Å². The Balaban J connectivity index is 2.06. The molecule has 1 saturated heterocycles. The number of nitrogens with one attached hydrogen (secondary N) is 2. The third-order valence-electron chi connectivity index (χ3n) is 2.63. The molecule has 5 heteroatoms. The molecule has 15 heavy (non-hydrogen) atoms. The highest BCUT2D eigenvalue weighted by Crippen LogP contribution is 2.14. The zero-order chi connectivity index (χ0) is 10.7. The lowest BCUT2D eigenvalue weighted by molar-refractivity contribution is 0.0951. The zero-order valence-corrected chi connectivity index (χ0v) is 8.86. The van der Waals surface area contributed by atoms with Crippen molar-refractivity contribution in [3.8, 4) is 0 Å². The summed E-state index contributed by atoms with van der Waals surface area (Å²) in [6.07, 6.45) is 4.66. The monoisotopic (exact) mass is 208 g/mol. The Morgan fingerprint density at radius 3 is 3.33 bits per heavy atom. The summed E-state index contributed by atoms with van der Waals surface area (Å²) in [5.41, 5.74) is 0.503.